The number of benzene rings is 1. The average Bonchev–Trinajstić information content (AvgIpc) is 2.99. The Morgan fingerprint density at radius 2 is 2.08 bits per heavy atom. The Balaban J connectivity index is 2.13. The van der Waals surface area contributed by atoms with Gasteiger partial charge in [0.2, 0.25) is 0 Å². The Morgan fingerprint density at radius 1 is 1.32 bits per heavy atom. The van der Waals surface area contributed by atoms with Gasteiger partial charge in [-0.3, -0.25) is 4.79 Å². The average molecular weight is 404 g/mol. The number of thioether (sulfide) groups is 1. The molecule has 2 rings (SSSR count). The molecule has 25 heavy (non-hydrogen) atoms. The summed E-state index contributed by atoms with van der Waals surface area (Å²) in [6, 6.07) is 5.03. The fourth-order valence-corrected chi connectivity index (χ4v) is 3.27. The first kappa shape index (κ1) is 19.9. The monoisotopic (exact) mass is 403 g/mol. The fourth-order valence-electron chi connectivity index (χ4n) is 2.14. The molecule has 1 aromatic heterocycles. The van der Waals surface area contributed by atoms with Crippen molar-refractivity contribution < 1.29 is 14.3 Å². The first-order valence-electron chi connectivity index (χ1n) is 7.79. The summed E-state index contributed by atoms with van der Waals surface area (Å²) < 4.78 is 12.7. The van der Waals surface area contributed by atoms with Gasteiger partial charge in [-0.05, 0) is 32.9 Å². The third-order valence-electron chi connectivity index (χ3n) is 3.25. The maximum absolute atomic E-state index is 11.5. The third-order valence-corrected chi connectivity index (χ3v) is 4.73. The van der Waals surface area contributed by atoms with Crippen LogP contribution >= 0.6 is 35.0 Å². The molecule has 9 heteroatoms. The Morgan fingerprint density at radius 3 is 2.76 bits per heavy atom. The van der Waals surface area contributed by atoms with Crippen LogP contribution in [0.25, 0.3) is 0 Å². The molecule has 6 nitrogen and oxygen atoms in total. The van der Waals surface area contributed by atoms with Crippen LogP contribution in [0, 0.1) is 0 Å². The first-order valence-corrected chi connectivity index (χ1v) is 9.53. The minimum atomic E-state index is -0.389. The van der Waals surface area contributed by atoms with Crippen molar-refractivity contribution in [1.82, 2.24) is 14.8 Å². The van der Waals surface area contributed by atoms with Gasteiger partial charge in [0.1, 0.15) is 5.75 Å². The molecule has 0 aliphatic heterocycles. The normalized spacial score (nSPS) is 12.0. The molecule has 2 aromatic rings. The summed E-state index contributed by atoms with van der Waals surface area (Å²) in [7, 11) is 0. The first-order chi connectivity index (χ1) is 12.0. The van der Waals surface area contributed by atoms with Gasteiger partial charge in [0, 0.05) is 17.6 Å². The molecule has 1 aromatic carbocycles. The maximum atomic E-state index is 11.5. The van der Waals surface area contributed by atoms with Gasteiger partial charge in [-0.25, -0.2) is 0 Å². The van der Waals surface area contributed by atoms with E-state index < -0.39 is 0 Å². The van der Waals surface area contributed by atoms with Gasteiger partial charge in [0.25, 0.3) is 0 Å². The van der Waals surface area contributed by atoms with Gasteiger partial charge in [0.05, 0.1) is 17.4 Å². The lowest BCUT2D eigenvalue weighted by molar-refractivity contribution is -0.139. The van der Waals surface area contributed by atoms with Crippen molar-refractivity contribution in [2.45, 2.75) is 38.6 Å². The smallest absolute Gasteiger partial charge is 0.316 e. The van der Waals surface area contributed by atoms with Crippen molar-refractivity contribution in [3.05, 3.63) is 34.1 Å². The number of carbonyl (C=O) groups excluding carboxylic acids is 1. The Kier molecular flexibility index (Phi) is 7.40. The number of hydrogen-bond donors (Lipinski definition) is 0. The molecule has 0 amide bonds. The molecule has 0 spiro atoms. The number of halogens is 2. The number of ether oxygens (including phenoxy) is 2. The van der Waals surface area contributed by atoms with Gasteiger partial charge >= 0.3 is 5.97 Å². The predicted octanol–water partition coefficient (Wildman–Crippen LogP) is 4.40. The standard InChI is InChI=1S/C16H19Cl2N3O3S/c1-4-21-15(19-20-16(21)25-9-14(22)23-5-2)10(3)24-13-8-11(17)6-7-12(13)18/h6-8,10H,4-5,9H2,1-3H3. The molecular formula is C16H19Cl2N3O3S. The zero-order valence-corrected chi connectivity index (χ0v) is 16.5. The summed E-state index contributed by atoms with van der Waals surface area (Å²) in [6.45, 7) is 6.60. The van der Waals surface area contributed by atoms with Crippen LogP contribution in [0.1, 0.15) is 32.7 Å². The second kappa shape index (κ2) is 9.31. The number of rotatable bonds is 8. The van der Waals surface area contributed by atoms with Crippen LogP contribution in [0.15, 0.2) is 23.4 Å². The Labute approximate surface area is 160 Å². The van der Waals surface area contributed by atoms with Crippen molar-refractivity contribution >= 4 is 40.9 Å². The predicted molar refractivity (Wildman–Crippen MR) is 98.6 cm³/mol. The second-order valence-electron chi connectivity index (χ2n) is 5.01. The van der Waals surface area contributed by atoms with E-state index >= 15 is 0 Å². The minimum absolute atomic E-state index is 0.182. The number of hydrogen-bond acceptors (Lipinski definition) is 6. The van der Waals surface area contributed by atoms with Crippen LogP contribution in [0.4, 0.5) is 0 Å². The summed E-state index contributed by atoms with van der Waals surface area (Å²) in [5.41, 5.74) is 0. The molecular weight excluding hydrogens is 385 g/mol. The summed E-state index contributed by atoms with van der Waals surface area (Å²) in [4.78, 5) is 11.5. The maximum Gasteiger partial charge on any atom is 0.316 e. The molecule has 1 heterocycles. The van der Waals surface area contributed by atoms with Crippen molar-refractivity contribution in [2.24, 2.45) is 0 Å². The second-order valence-corrected chi connectivity index (χ2v) is 6.80. The van der Waals surface area contributed by atoms with E-state index in [9.17, 15) is 4.79 Å². The van der Waals surface area contributed by atoms with E-state index in [2.05, 4.69) is 10.2 Å². The lowest BCUT2D eigenvalue weighted by Crippen LogP contribution is -2.13. The van der Waals surface area contributed by atoms with E-state index in [0.29, 0.717) is 39.9 Å². The Bertz CT molecular complexity index is 739. The zero-order chi connectivity index (χ0) is 18.4. The summed E-state index contributed by atoms with van der Waals surface area (Å²) in [5.74, 6) is 1.02. The van der Waals surface area contributed by atoms with Gasteiger partial charge in [-0.2, -0.15) is 0 Å². The molecule has 0 fully saturated rings. The molecule has 0 saturated heterocycles. The van der Waals surface area contributed by atoms with Gasteiger partial charge in [-0.1, -0.05) is 35.0 Å². The topological polar surface area (TPSA) is 66.2 Å². The lowest BCUT2D eigenvalue weighted by atomic mass is 10.3. The highest BCUT2D eigenvalue weighted by Crippen LogP contribution is 2.32. The number of aromatic nitrogens is 3. The van der Waals surface area contributed by atoms with Gasteiger partial charge in [-0.15, -0.1) is 10.2 Å². The molecule has 0 bridgehead atoms. The van der Waals surface area contributed by atoms with Crippen LogP contribution in [-0.4, -0.2) is 33.1 Å². The molecule has 0 radical (unpaired) electrons. The minimum Gasteiger partial charge on any atom is -0.481 e. The quantitative estimate of drug-likeness (QED) is 0.480. The lowest BCUT2D eigenvalue weighted by Gasteiger charge is -2.16. The third kappa shape index (κ3) is 5.26. The number of carbonyl (C=O) groups is 1. The van der Waals surface area contributed by atoms with E-state index in [1.54, 1.807) is 25.1 Å². The van der Waals surface area contributed by atoms with Gasteiger partial charge in [0.15, 0.2) is 17.1 Å². The van der Waals surface area contributed by atoms with Crippen LogP contribution in [0.2, 0.25) is 10.0 Å². The summed E-state index contributed by atoms with van der Waals surface area (Å²) in [6.07, 6.45) is -0.389. The Hall–Kier alpha value is -1.44. The van der Waals surface area contributed by atoms with Crippen LogP contribution in [0.5, 0.6) is 5.75 Å². The van der Waals surface area contributed by atoms with E-state index in [4.69, 9.17) is 32.7 Å². The van der Waals surface area contributed by atoms with E-state index in [1.165, 1.54) is 11.8 Å². The number of esters is 1. The van der Waals surface area contributed by atoms with Crippen molar-refractivity contribution in [3.63, 3.8) is 0 Å². The van der Waals surface area contributed by atoms with Crippen molar-refractivity contribution in [2.75, 3.05) is 12.4 Å². The zero-order valence-electron chi connectivity index (χ0n) is 14.2. The highest BCUT2D eigenvalue weighted by atomic mass is 35.5. The largest absolute Gasteiger partial charge is 0.481 e. The van der Waals surface area contributed by atoms with E-state index in [1.807, 2.05) is 18.4 Å². The van der Waals surface area contributed by atoms with Crippen LogP contribution < -0.4 is 4.74 Å². The highest BCUT2D eigenvalue weighted by Gasteiger charge is 2.20. The fraction of sp³-hybridized carbons (Fsp3) is 0.438. The number of nitrogens with zero attached hydrogens (tertiary/aromatic N) is 3. The SMILES string of the molecule is CCOC(=O)CSc1nnc(C(C)Oc2cc(Cl)ccc2Cl)n1CC. The molecule has 136 valence electrons. The van der Waals surface area contributed by atoms with Crippen LogP contribution in [0.3, 0.4) is 0 Å². The van der Waals surface area contributed by atoms with Crippen molar-refractivity contribution in [1.29, 1.82) is 0 Å². The molecule has 1 unspecified atom stereocenters. The van der Waals surface area contributed by atoms with Gasteiger partial charge < -0.3 is 14.0 Å². The van der Waals surface area contributed by atoms with Crippen molar-refractivity contribution in [3.8, 4) is 5.75 Å². The summed E-state index contributed by atoms with van der Waals surface area (Å²) in [5, 5.41) is 9.99. The molecule has 1 atom stereocenters. The molecule has 0 N–H and O–H groups in total. The van der Waals surface area contributed by atoms with E-state index in [-0.39, 0.29) is 17.8 Å². The van der Waals surface area contributed by atoms with Crippen LogP contribution in [-0.2, 0) is 16.1 Å². The molecule has 0 saturated carbocycles. The highest BCUT2D eigenvalue weighted by molar-refractivity contribution is 7.99. The molecule has 0 aliphatic rings. The van der Waals surface area contributed by atoms with E-state index in [0.717, 1.165) is 0 Å². The summed E-state index contributed by atoms with van der Waals surface area (Å²) >= 11 is 13.4. The molecule has 0 aliphatic carbocycles.